The zero-order chi connectivity index (χ0) is 24.1. The fourth-order valence-corrected chi connectivity index (χ4v) is 4.26. The second-order valence-corrected chi connectivity index (χ2v) is 8.93. The van der Waals surface area contributed by atoms with Crippen molar-refractivity contribution in [2.24, 2.45) is 0 Å². The summed E-state index contributed by atoms with van der Waals surface area (Å²) < 4.78 is 24.7. The predicted molar refractivity (Wildman–Crippen MR) is 132 cm³/mol. The number of hydrogen-bond donors (Lipinski definition) is 1. The topological polar surface area (TPSA) is 60.5 Å². The van der Waals surface area contributed by atoms with Crippen molar-refractivity contribution < 1.29 is 18.7 Å². The number of methoxy groups -OCH3 is 1. The molecule has 1 aromatic heterocycles. The highest BCUT2D eigenvalue weighted by molar-refractivity contribution is 7.13. The third kappa shape index (κ3) is 5.86. The first-order valence-corrected chi connectivity index (χ1v) is 11.8. The first kappa shape index (κ1) is 24.0. The van der Waals surface area contributed by atoms with Gasteiger partial charge in [-0.25, -0.2) is 9.37 Å². The lowest BCUT2D eigenvalue weighted by Gasteiger charge is -2.12. The van der Waals surface area contributed by atoms with Crippen molar-refractivity contribution >= 4 is 40.4 Å². The lowest BCUT2D eigenvalue weighted by Crippen LogP contribution is -2.23. The molecule has 4 aromatic rings. The van der Waals surface area contributed by atoms with Crippen molar-refractivity contribution in [2.45, 2.75) is 13.2 Å². The van der Waals surface area contributed by atoms with Gasteiger partial charge in [-0.2, -0.15) is 0 Å². The SMILES string of the molecule is COc1cc(-c2nc(C(=O)NCc3cccc(F)c3)cs2)ccc1OCc1ccc(Cl)c(Cl)c1. The van der Waals surface area contributed by atoms with E-state index in [4.69, 9.17) is 32.7 Å². The molecule has 34 heavy (non-hydrogen) atoms. The molecule has 0 bridgehead atoms. The van der Waals surface area contributed by atoms with Crippen molar-refractivity contribution in [3.63, 3.8) is 0 Å². The highest BCUT2D eigenvalue weighted by atomic mass is 35.5. The summed E-state index contributed by atoms with van der Waals surface area (Å²) in [6.45, 7) is 0.502. The van der Waals surface area contributed by atoms with Gasteiger partial charge in [-0.05, 0) is 53.6 Å². The number of benzene rings is 3. The molecule has 0 aliphatic carbocycles. The predicted octanol–water partition coefficient (Wildman–Crippen LogP) is 6.77. The fraction of sp³-hybridized carbons (Fsp3) is 0.120. The van der Waals surface area contributed by atoms with Crippen LogP contribution in [0.3, 0.4) is 0 Å². The quantitative estimate of drug-likeness (QED) is 0.280. The van der Waals surface area contributed by atoms with Crippen LogP contribution in [0.5, 0.6) is 11.5 Å². The molecule has 1 N–H and O–H groups in total. The maximum atomic E-state index is 13.3. The highest BCUT2D eigenvalue weighted by Gasteiger charge is 2.14. The number of nitrogens with one attached hydrogen (secondary N) is 1. The molecule has 0 fully saturated rings. The molecule has 0 radical (unpaired) electrons. The molecule has 5 nitrogen and oxygen atoms in total. The largest absolute Gasteiger partial charge is 0.493 e. The Morgan fingerprint density at radius 3 is 2.65 bits per heavy atom. The molecule has 0 unspecified atom stereocenters. The number of halogens is 3. The van der Waals surface area contributed by atoms with Crippen molar-refractivity contribution in [2.75, 3.05) is 7.11 Å². The zero-order valence-corrected chi connectivity index (χ0v) is 20.3. The Hall–Kier alpha value is -3.13. The third-order valence-electron chi connectivity index (χ3n) is 4.87. The van der Waals surface area contributed by atoms with Crippen LogP contribution >= 0.6 is 34.5 Å². The maximum absolute atomic E-state index is 13.3. The third-order valence-corrected chi connectivity index (χ3v) is 6.50. The van der Waals surface area contributed by atoms with Crippen LogP contribution in [0.2, 0.25) is 10.0 Å². The summed E-state index contributed by atoms with van der Waals surface area (Å²) in [6, 6.07) is 16.8. The Morgan fingerprint density at radius 1 is 1.03 bits per heavy atom. The van der Waals surface area contributed by atoms with Crippen molar-refractivity contribution in [3.05, 3.63) is 98.7 Å². The Kier molecular flexibility index (Phi) is 7.67. The van der Waals surface area contributed by atoms with Crippen molar-refractivity contribution in [3.8, 4) is 22.1 Å². The minimum atomic E-state index is -0.346. The van der Waals surface area contributed by atoms with Gasteiger partial charge in [0, 0.05) is 17.5 Å². The van der Waals surface area contributed by atoms with Gasteiger partial charge in [0.2, 0.25) is 0 Å². The summed E-state index contributed by atoms with van der Waals surface area (Å²) in [7, 11) is 1.55. The first-order valence-electron chi connectivity index (χ1n) is 10.2. The van der Waals surface area contributed by atoms with E-state index in [1.54, 1.807) is 48.9 Å². The standard InChI is InChI=1S/C25H19Cl2FN2O3S/c1-32-23-11-17(6-8-22(23)33-13-16-5-7-19(26)20(27)10-16)25-30-21(14-34-25)24(31)29-12-15-3-2-4-18(28)9-15/h2-11,14H,12-13H2,1H3,(H,29,31). The van der Waals surface area contributed by atoms with Gasteiger partial charge in [-0.15, -0.1) is 11.3 Å². The number of ether oxygens (including phenoxy) is 2. The molecule has 0 saturated heterocycles. The molecule has 0 aliphatic rings. The number of carbonyl (C=O) groups excluding carboxylic acids is 1. The summed E-state index contributed by atoms with van der Waals surface area (Å²) in [6.07, 6.45) is 0. The van der Waals surface area contributed by atoms with Crippen LogP contribution in [0.1, 0.15) is 21.6 Å². The van der Waals surface area contributed by atoms with Crippen LogP contribution < -0.4 is 14.8 Å². The van der Waals surface area contributed by atoms with Crippen LogP contribution in [0.25, 0.3) is 10.6 Å². The second kappa shape index (κ2) is 10.9. The van der Waals surface area contributed by atoms with E-state index < -0.39 is 0 Å². The van der Waals surface area contributed by atoms with Gasteiger partial charge in [-0.1, -0.05) is 41.4 Å². The van der Waals surface area contributed by atoms with Gasteiger partial charge < -0.3 is 14.8 Å². The fourth-order valence-electron chi connectivity index (χ4n) is 3.14. The van der Waals surface area contributed by atoms with Crippen molar-refractivity contribution in [1.29, 1.82) is 0 Å². The van der Waals surface area contributed by atoms with E-state index in [0.29, 0.717) is 38.7 Å². The number of hydrogen-bond acceptors (Lipinski definition) is 5. The number of aromatic nitrogens is 1. The van der Waals surface area contributed by atoms with Gasteiger partial charge in [0.05, 0.1) is 17.2 Å². The smallest absolute Gasteiger partial charge is 0.271 e. The average Bonchev–Trinajstić information content (AvgIpc) is 3.34. The van der Waals surface area contributed by atoms with Crippen LogP contribution in [0.15, 0.2) is 66.0 Å². The summed E-state index contributed by atoms with van der Waals surface area (Å²) >= 11 is 13.4. The Labute approximate surface area is 210 Å². The summed E-state index contributed by atoms with van der Waals surface area (Å²) in [5.41, 5.74) is 2.61. The van der Waals surface area contributed by atoms with E-state index in [9.17, 15) is 9.18 Å². The number of carbonyl (C=O) groups is 1. The van der Waals surface area contributed by atoms with E-state index >= 15 is 0 Å². The molecule has 9 heteroatoms. The minimum absolute atomic E-state index is 0.210. The van der Waals surface area contributed by atoms with Crippen LogP contribution in [0.4, 0.5) is 4.39 Å². The van der Waals surface area contributed by atoms with Crippen LogP contribution in [-0.4, -0.2) is 18.0 Å². The van der Waals surface area contributed by atoms with Gasteiger partial charge in [0.1, 0.15) is 23.1 Å². The number of rotatable bonds is 8. The lowest BCUT2D eigenvalue weighted by atomic mass is 10.2. The normalized spacial score (nSPS) is 10.7. The summed E-state index contributed by atoms with van der Waals surface area (Å²) in [4.78, 5) is 16.9. The molecular weight excluding hydrogens is 498 g/mol. The van der Waals surface area contributed by atoms with Gasteiger partial charge in [-0.3, -0.25) is 4.79 Å². The maximum Gasteiger partial charge on any atom is 0.271 e. The molecule has 0 atom stereocenters. The van der Waals surface area contributed by atoms with E-state index in [2.05, 4.69) is 10.3 Å². The van der Waals surface area contributed by atoms with E-state index in [1.165, 1.54) is 23.5 Å². The molecule has 174 valence electrons. The summed E-state index contributed by atoms with van der Waals surface area (Å²) in [5.74, 6) is 0.410. The van der Waals surface area contributed by atoms with E-state index in [0.717, 1.165) is 11.1 Å². The van der Waals surface area contributed by atoms with E-state index in [-0.39, 0.29) is 24.0 Å². The Balaban J connectivity index is 1.43. The van der Waals surface area contributed by atoms with Gasteiger partial charge in [0.15, 0.2) is 11.5 Å². The molecule has 0 spiro atoms. The van der Waals surface area contributed by atoms with E-state index in [1.807, 2.05) is 12.1 Å². The second-order valence-electron chi connectivity index (χ2n) is 7.25. The first-order chi connectivity index (χ1) is 16.4. The van der Waals surface area contributed by atoms with Crippen LogP contribution in [0, 0.1) is 5.82 Å². The van der Waals surface area contributed by atoms with Crippen molar-refractivity contribution in [1.82, 2.24) is 10.3 Å². The Bertz CT molecular complexity index is 1330. The molecule has 0 saturated carbocycles. The Morgan fingerprint density at radius 2 is 1.88 bits per heavy atom. The molecule has 3 aromatic carbocycles. The minimum Gasteiger partial charge on any atom is -0.493 e. The average molecular weight is 517 g/mol. The molecular formula is C25H19Cl2FN2O3S. The van der Waals surface area contributed by atoms with Crippen LogP contribution in [-0.2, 0) is 13.2 Å². The number of thiazole rings is 1. The molecule has 1 heterocycles. The highest BCUT2D eigenvalue weighted by Crippen LogP contribution is 2.34. The van der Waals surface area contributed by atoms with Gasteiger partial charge >= 0.3 is 0 Å². The molecule has 4 rings (SSSR count). The molecule has 0 aliphatic heterocycles. The zero-order valence-electron chi connectivity index (χ0n) is 18.0. The number of nitrogens with zero attached hydrogens (tertiary/aromatic N) is 1. The number of amides is 1. The lowest BCUT2D eigenvalue weighted by molar-refractivity contribution is 0.0946. The molecule has 1 amide bonds. The summed E-state index contributed by atoms with van der Waals surface area (Å²) in [5, 5.41) is 6.04. The monoisotopic (exact) mass is 516 g/mol. The van der Waals surface area contributed by atoms with Gasteiger partial charge in [0.25, 0.3) is 5.91 Å².